The Labute approximate surface area is 234 Å². The van der Waals surface area contributed by atoms with Crippen molar-refractivity contribution in [2.24, 2.45) is 0 Å². The zero-order valence-electron chi connectivity index (χ0n) is 23.5. The molecular weight excluding hydrogens is 500 g/mol. The topological polar surface area (TPSA) is 88.9 Å². The van der Waals surface area contributed by atoms with E-state index < -0.39 is 6.04 Å². The van der Waals surface area contributed by atoms with Crippen molar-refractivity contribution in [3.8, 4) is 0 Å². The summed E-state index contributed by atoms with van der Waals surface area (Å²) in [6.45, 7) is 8.56. The molecule has 2 heterocycles. The van der Waals surface area contributed by atoms with Crippen molar-refractivity contribution in [2.75, 3.05) is 13.7 Å². The first-order chi connectivity index (χ1) is 19.4. The van der Waals surface area contributed by atoms with Gasteiger partial charge in [0.05, 0.1) is 13.2 Å². The Morgan fingerprint density at radius 2 is 1.68 bits per heavy atom. The van der Waals surface area contributed by atoms with Gasteiger partial charge < -0.3 is 9.72 Å². The van der Waals surface area contributed by atoms with E-state index in [-0.39, 0.29) is 5.56 Å². The summed E-state index contributed by atoms with van der Waals surface area (Å²) >= 11 is 0. The van der Waals surface area contributed by atoms with Crippen molar-refractivity contribution >= 4 is 10.9 Å². The molecule has 8 heteroatoms. The lowest BCUT2D eigenvalue weighted by Crippen LogP contribution is -2.35. The van der Waals surface area contributed by atoms with Crippen LogP contribution in [0.3, 0.4) is 0 Å². The van der Waals surface area contributed by atoms with Gasteiger partial charge in [0, 0.05) is 31.3 Å². The Morgan fingerprint density at radius 3 is 2.38 bits per heavy atom. The van der Waals surface area contributed by atoms with Crippen molar-refractivity contribution in [1.82, 2.24) is 30.1 Å². The second-order valence-corrected chi connectivity index (χ2v) is 10.6. The van der Waals surface area contributed by atoms with Gasteiger partial charge in [-0.2, -0.15) is 0 Å². The van der Waals surface area contributed by atoms with Crippen LogP contribution < -0.4 is 5.56 Å². The molecule has 1 unspecified atom stereocenters. The van der Waals surface area contributed by atoms with E-state index in [1.165, 1.54) is 5.56 Å². The van der Waals surface area contributed by atoms with Gasteiger partial charge in [0.1, 0.15) is 6.04 Å². The van der Waals surface area contributed by atoms with E-state index in [1.54, 1.807) is 11.8 Å². The number of benzene rings is 3. The Bertz CT molecular complexity index is 1610. The van der Waals surface area contributed by atoms with Crippen LogP contribution in [-0.2, 0) is 24.4 Å². The molecule has 2 aromatic heterocycles. The number of methoxy groups -OCH3 is 1. The molecule has 1 atom stereocenters. The number of tetrazole rings is 1. The van der Waals surface area contributed by atoms with Crippen molar-refractivity contribution in [1.29, 1.82) is 0 Å². The van der Waals surface area contributed by atoms with E-state index in [9.17, 15) is 4.79 Å². The number of H-pyrrole nitrogens is 1. The summed E-state index contributed by atoms with van der Waals surface area (Å²) in [4.78, 5) is 19.1. The van der Waals surface area contributed by atoms with Crippen LogP contribution in [-0.4, -0.2) is 43.8 Å². The Hall–Kier alpha value is -4.14. The van der Waals surface area contributed by atoms with Crippen LogP contribution >= 0.6 is 0 Å². The number of rotatable bonds is 11. The molecule has 0 saturated carbocycles. The average molecular weight is 537 g/mol. The quantitative estimate of drug-likeness (QED) is 0.244. The predicted molar refractivity (Wildman–Crippen MR) is 157 cm³/mol. The summed E-state index contributed by atoms with van der Waals surface area (Å²) in [5.41, 5.74) is 5.94. The molecule has 1 N–H and O–H groups in total. The summed E-state index contributed by atoms with van der Waals surface area (Å²) in [5.74, 6) is 1.05. The molecule has 8 nitrogen and oxygen atoms in total. The number of aromatic nitrogens is 5. The average Bonchev–Trinajstić information content (AvgIpc) is 3.41. The van der Waals surface area contributed by atoms with Gasteiger partial charge in [0.2, 0.25) is 0 Å². The monoisotopic (exact) mass is 536 g/mol. The Kier molecular flexibility index (Phi) is 8.48. The number of aryl methyl sites for hydroxylation is 1. The zero-order chi connectivity index (χ0) is 28.1. The first-order valence-corrected chi connectivity index (χ1v) is 13.7. The second-order valence-electron chi connectivity index (χ2n) is 10.6. The van der Waals surface area contributed by atoms with Gasteiger partial charge in [0.25, 0.3) is 5.56 Å². The predicted octanol–water partition coefficient (Wildman–Crippen LogP) is 5.38. The number of fused-ring (bicyclic) bond motifs is 1. The molecule has 0 aliphatic carbocycles. The molecule has 3 aromatic carbocycles. The maximum absolute atomic E-state index is 13.7. The molecule has 0 amide bonds. The fraction of sp³-hybridized carbons (Fsp3) is 0.312. The van der Waals surface area contributed by atoms with Crippen LogP contribution in [0.15, 0.2) is 83.7 Å². The molecule has 5 rings (SSSR count). The van der Waals surface area contributed by atoms with E-state index in [1.807, 2.05) is 36.4 Å². The number of aromatic amines is 1. The largest absolute Gasteiger partial charge is 0.383 e. The first kappa shape index (κ1) is 27.4. The number of ether oxygens (including phenoxy) is 1. The molecule has 0 fully saturated rings. The van der Waals surface area contributed by atoms with Crippen molar-refractivity contribution < 1.29 is 4.74 Å². The van der Waals surface area contributed by atoms with Gasteiger partial charge >= 0.3 is 0 Å². The van der Waals surface area contributed by atoms with E-state index in [2.05, 4.69) is 88.6 Å². The third-order valence-corrected chi connectivity index (χ3v) is 7.26. The molecule has 0 aliphatic rings. The minimum atomic E-state index is -0.509. The van der Waals surface area contributed by atoms with Crippen LogP contribution in [0.4, 0.5) is 0 Å². The molecule has 0 aliphatic heterocycles. The summed E-state index contributed by atoms with van der Waals surface area (Å²) in [6, 6.07) is 26.5. The van der Waals surface area contributed by atoms with Gasteiger partial charge in [-0.05, 0) is 63.5 Å². The maximum Gasteiger partial charge on any atom is 0.253 e. The lowest BCUT2D eigenvalue weighted by atomic mass is 9.99. The third kappa shape index (κ3) is 6.19. The molecule has 0 saturated heterocycles. The molecule has 0 bridgehead atoms. The Balaban J connectivity index is 1.67. The van der Waals surface area contributed by atoms with Crippen molar-refractivity contribution in [3.05, 3.63) is 123 Å². The van der Waals surface area contributed by atoms with Gasteiger partial charge in [0.15, 0.2) is 5.82 Å². The SMILES string of the molecule is COCCn1nnnc1C(c1cc2cc(C)ccc2[nH]c1=O)N(Cc1ccccc1)Cc1ccc(C(C)C)cc1. The van der Waals surface area contributed by atoms with Gasteiger partial charge in [-0.3, -0.25) is 9.69 Å². The molecule has 206 valence electrons. The van der Waals surface area contributed by atoms with E-state index >= 15 is 0 Å². The normalized spacial score (nSPS) is 12.4. The highest BCUT2D eigenvalue weighted by atomic mass is 16.5. The zero-order valence-corrected chi connectivity index (χ0v) is 23.5. The minimum absolute atomic E-state index is 0.157. The molecule has 40 heavy (non-hydrogen) atoms. The van der Waals surface area contributed by atoms with E-state index in [4.69, 9.17) is 4.74 Å². The number of nitrogens with one attached hydrogen (secondary N) is 1. The summed E-state index contributed by atoms with van der Waals surface area (Å²) < 4.78 is 7.08. The van der Waals surface area contributed by atoms with Crippen LogP contribution in [0.2, 0.25) is 0 Å². The lowest BCUT2D eigenvalue weighted by Gasteiger charge is -2.31. The van der Waals surface area contributed by atoms with Crippen LogP contribution in [0.25, 0.3) is 10.9 Å². The second kappa shape index (κ2) is 12.4. The maximum atomic E-state index is 13.7. The number of hydrogen-bond acceptors (Lipinski definition) is 6. The van der Waals surface area contributed by atoms with E-state index in [0.717, 1.165) is 27.6 Å². The molecule has 5 aromatic rings. The summed E-state index contributed by atoms with van der Waals surface area (Å²) in [6.07, 6.45) is 0. The van der Waals surface area contributed by atoms with Gasteiger partial charge in [-0.1, -0.05) is 80.1 Å². The number of hydrogen-bond donors (Lipinski definition) is 1. The van der Waals surface area contributed by atoms with Gasteiger partial charge in [-0.25, -0.2) is 4.68 Å². The lowest BCUT2D eigenvalue weighted by molar-refractivity contribution is 0.169. The van der Waals surface area contributed by atoms with Crippen LogP contribution in [0.1, 0.15) is 59.4 Å². The fourth-order valence-corrected chi connectivity index (χ4v) is 5.09. The highest BCUT2D eigenvalue weighted by Gasteiger charge is 2.31. The third-order valence-electron chi connectivity index (χ3n) is 7.26. The standard InChI is InChI=1S/C32H36N6O2/c1-22(2)26-13-11-25(12-14-26)21-37(20-24-8-6-5-7-9-24)30(31-34-35-36-38(31)16-17-40-4)28-19-27-18-23(3)10-15-29(27)33-32(28)39/h5-15,18-19,22,30H,16-17,20-21H2,1-4H3,(H,33,39). The van der Waals surface area contributed by atoms with Crippen LogP contribution in [0.5, 0.6) is 0 Å². The molecule has 0 radical (unpaired) electrons. The summed E-state index contributed by atoms with van der Waals surface area (Å²) in [7, 11) is 1.65. The van der Waals surface area contributed by atoms with Crippen LogP contribution in [0, 0.1) is 6.92 Å². The molecular formula is C32H36N6O2. The smallest absolute Gasteiger partial charge is 0.253 e. The molecule has 0 spiro atoms. The van der Waals surface area contributed by atoms with E-state index in [0.29, 0.717) is 43.5 Å². The number of pyridine rings is 1. The summed E-state index contributed by atoms with van der Waals surface area (Å²) in [5, 5.41) is 13.7. The van der Waals surface area contributed by atoms with Crippen molar-refractivity contribution in [2.45, 2.75) is 52.4 Å². The fourth-order valence-electron chi connectivity index (χ4n) is 5.09. The Morgan fingerprint density at radius 1 is 0.950 bits per heavy atom. The van der Waals surface area contributed by atoms with Crippen molar-refractivity contribution in [3.63, 3.8) is 0 Å². The first-order valence-electron chi connectivity index (χ1n) is 13.7. The highest BCUT2D eigenvalue weighted by Crippen LogP contribution is 2.30. The minimum Gasteiger partial charge on any atom is -0.383 e. The van der Waals surface area contributed by atoms with Gasteiger partial charge in [-0.15, -0.1) is 5.10 Å². The number of nitrogens with zero attached hydrogens (tertiary/aromatic N) is 5. The highest BCUT2D eigenvalue weighted by molar-refractivity contribution is 5.79.